The summed E-state index contributed by atoms with van der Waals surface area (Å²) in [6.07, 6.45) is 2.08. The molecular weight excluding hydrogens is 320 g/mol. The van der Waals surface area contributed by atoms with Crippen molar-refractivity contribution in [2.24, 2.45) is 0 Å². The molecule has 0 saturated carbocycles. The monoisotopic (exact) mass is 340 g/mol. The molecule has 130 valence electrons. The number of rotatable bonds is 3. The van der Waals surface area contributed by atoms with Gasteiger partial charge >= 0.3 is 5.97 Å². The fraction of sp³-hybridized carbons (Fsp3) is 0.316. The number of pyridine rings is 1. The van der Waals surface area contributed by atoms with Crippen LogP contribution >= 0.6 is 0 Å². The van der Waals surface area contributed by atoms with Gasteiger partial charge in [-0.3, -0.25) is 4.79 Å². The molecule has 2 atom stereocenters. The van der Waals surface area contributed by atoms with Crippen molar-refractivity contribution in [2.75, 3.05) is 7.11 Å². The largest absolute Gasteiger partial charge is 0.497 e. The molecule has 6 nitrogen and oxygen atoms in total. The Morgan fingerprint density at radius 3 is 2.68 bits per heavy atom. The summed E-state index contributed by atoms with van der Waals surface area (Å²) in [5.74, 6) is -0.531. The van der Waals surface area contributed by atoms with Crippen LogP contribution in [0.1, 0.15) is 51.9 Å². The molecule has 1 aliphatic heterocycles. The molecule has 1 amide bonds. The maximum atomic E-state index is 13.0. The molecule has 0 saturated heterocycles. The molecule has 1 aromatic carbocycles. The standard InChI is InChI=1S/C19H20N2O4/c1-11-8-14-9-15(25-3)4-5-16(14)12(2)21(11)18(22)13-6-7-20-17(10-13)19(23)24/h4-7,9-12H,8H2,1-3H3,(H,23,24)/t11-,12+/m0/s1. The maximum absolute atomic E-state index is 13.0. The highest BCUT2D eigenvalue weighted by atomic mass is 16.5. The molecule has 0 fully saturated rings. The Balaban J connectivity index is 1.95. The van der Waals surface area contributed by atoms with Crippen LogP contribution < -0.4 is 4.74 Å². The molecule has 25 heavy (non-hydrogen) atoms. The lowest BCUT2D eigenvalue weighted by molar-refractivity contribution is 0.0580. The third kappa shape index (κ3) is 3.07. The van der Waals surface area contributed by atoms with Gasteiger partial charge in [0.05, 0.1) is 13.2 Å². The van der Waals surface area contributed by atoms with Gasteiger partial charge in [0.2, 0.25) is 0 Å². The van der Waals surface area contributed by atoms with Crippen LogP contribution in [0.5, 0.6) is 5.75 Å². The van der Waals surface area contributed by atoms with Crippen molar-refractivity contribution in [3.05, 3.63) is 58.9 Å². The number of aromatic carboxylic acids is 1. The average molecular weight is 340 g/mol. The molecule has 2 heterocycles. The third-order valence-electron chi connectivity index (χ3n) is 4.67. The Morgan fingerprint density at radius 1 is 1.24 bits per heavy atom. The second-order valence-electron chi connectivity index (χ2n) is 6.24. The van der Waals surface area contributed by atoms with E-state index in [2.05, 4.69) is 4.98 Å². The molecule has 0 spiro atoms. The number of nitrogens with zero attached hydrogens (tertiary/aromatic N) is 2. The number of aromatic nitrogens is 1. The Kier molecular flexibility index (Phi) is 4.44. The highest BCUT2D eigenvalue weighted by molar-refractivity contribution is 5.97. The van der Waals surface area contributed by atoms with Crippen molar-refractivity contribution in [2.45, 2.75) is 32.4 Å². The van der Waals surface area contributed by atoms with Crippen molar-refractivity contribution >= 4 is 11.9 Å². The van der Waals surface area contributed by atoms with Crippen LogP contribution in [0.4, 0.5) is 0 Å². The summed E-state index contributed by atoms with van der Waals surface area (Å²) in [7, 11) is 1.64. The van der Waals surface area contributed by atoms with Crippen molar-refractivity contribution in [1.29, 1.82) is 0 Å². The predicted octanol–water partition coefficient (Wildman–Crippen LogP) is 2.94. The zero-order valence-corrected chi connectivity index (χ0v) is 14.4. The third-order valence-corrected chi connectivity index (χ3v) is 4.67. The van der Waals surface area contributed by atoms with Gasteiger partial charge in [-0.15, -0.1) is 0 Å². The minimum Gasteiger partial charge on any atom is -0.497 e. The van der Waals surface area contributed by atoms with Gasteiger partial charge in [-0.2, -0.15) is 0 Å². The molecule has 1 aliphatic rings. The number of benzene rings is 1. The van der Waals surface area contributed by atoms with E-state index in [-0.39, 0.29) is 23.7 Å². The van der Waals surface area contributed by atoms with Crippen LogP contribution in [0.2, 0.25) is 0 Å². The van der Waals surface area contributed by atoms with Gasteiger partial charge in [-0.1, -0.05) is 6.07 Å². The number of hydrogen-bond donors (Lipinski definition) is 1. The average Bonchev–Trinajstić information content (AvgIpc) is 2.61. The van der Waals surface area contributed by atoms with E-state index in [4.69, 9.17) is 9.84 Å². The Morgan fingerprint density at radius 2 is 2.00 bits per heavy atom. The fourth-order valence-electron chi connectivity index (χ4n) is 3.45. The van der Waals surface area contributed by atoms with Crippen LogP contribution in [0.15, 0.2) is 36.5 Å². The first-order valence-electron chi connectivity index (χ1n) is 8.11. The van der Waals surface area contributed by atoms with Crippen LogP contribution in [0, 0.1) is 0 Å². The van der Waals surface area contributed by atoms with Crippen LogP contribution in [-0.2, 0) is 6.42 Å². The summed E-state index contributed by atoms with van der Waals surface area (Å²) in [5, 5.41) is 9.09. The fourth-order valence-corrected chi connectivity index (χ4v) is 3.45. The molecular formula is C19H20N2O4. The van der Waals surface area contributed by atoms with Crippen molar-refractivity contribution in [1.82, 2.24) is 9.88 Å². The summed E-state index contributed by atoms with van der Waals surface area (Å²) < 4.78 is 5.29. The zero-order valence-electron chi connectivity index (χ0n) is 14.4. The van der Waals surface area contributed by atoms with E-state index in [1.807, 2.05) is 32.0 Å². The summed E-state index contributed by atoms with van der Waals surface area (Å²) in [6.45, 7) is 3.98. The van der Waals surface area contributed by atoms with Gasteiger partial charge < -0.3 is 14.7 Å². The molecule has 0 unspecified atom stereocenters. The Labute approximate surface area is 146 Å². The number of amides is 1. The summed E-state index contributed by atoms with van der Waals surface area (Å²) in [5.41, 5.74) is 2.46. The van der Waals surface area contributed by atoms with E-state index in [1.165, 1.54) is 17.8 Å². The van der Waals surface area contributed by atoms with Gasteiger partial charge in [-0.05, 0) is 55.7 Å². The van der Waals surface area contributed by atoms with Crippen LogP contribution in [-0.4, -0.2) is 40.0 Å². The van der Waals surface area contributed by atoms with Crippen molar-refractivity contribution < 1.29 is 19.4 Å². The molecule has 1 aromatic heterocycles. The van der Waals surface area contributed by atoms with E-state index in [0.717, 1.165) is 17.7 Å². The lowest BCUT2D eigenvalue weighted by atomic mass is 9.88. The molecule has 0 radical (unpaired) electrons. The molecule has 0 bridgehead atoms. The molecule has 3 rings (SSSR count). The number of carbonyl (C=O) groups is 2. The van der Waals surface area contributed by atoms with Gasteiger partial charge in [0.25, 0.3) is 5.91 Å². The van der Waals surface area contributed by atoms with E-state index in [1.54, 1.807) is 18.1 Å². The lowest BCUT2D eigenvalue weighted by Gasteiger charge is -2.40. The number of carbonyl (C=O) groups excluding carboxylic acids is 1. The molecule has 0 aliphatic carbocycles. The summed E-state index contributed by atoms with van der Waals surface area (Å²) in [6, 6.07) is 8.65. The van der Waals surface area contributed by atoms with Crippen LogP contribution in [0.25, 0.3) is 0 Å². The second-order valence-corrected chi connectivity index (χ2v) is 6.24. The molecule has 6 heteroatoms. The zero-order chi connectivity index (χ0) is 18.1. The minimum absolute atomic E-state index is 0.0106. The smallest absolute Gasteiger partial charge is 0.354 e. The Hall–Kier alpha value is -2.89. The first-order chi connectivity index (χ1) is 11.9. The van der Waals surface area contributed by atoms with Crippen molar-refractivity contribution in [3.63, 3.8) is 0 Å². The van der Waals surface area contributed by atoms with Gasteiger partial charge in [0.1, 0.15) is 11.4 Å². The first kappa shape index (κ1) is 17.0. The number of hydrogen-bond acceptors (Lipinski definition) is 4. The SMILES string of the molecule is COc1ccc2c(c1)C[C@H](C)N(C(=O)c1ccnc(C(=O)O)c1)[C@@H]2C. The van der Waals surface area contributed by atoms with Crippen LogP contribution in [0.3, 0.4) is 0 Å². The van der Waals surface area contributed by atoms with Gasteiger partial charge in [-0.25, -0.2) is 9.78 Å². The van der Waals surface area contributed by atoms with E-state index in [9.17, 15) is 9.59 Å². The highest BCUT2D eigenvalue weighted by Gasteiger charge is 2.33. The van der Waals surface area contributed by atoms with Gasteiger partial charge in [0, 0.05) is 17.8 Å². The van der Waals surface area contributed by atoms with E-state index >= 15 is 0 Å². The quantitative estimate of drug-likeness (QED) is 0.929. The number of carboxylic acids is 1. The number of fused-ring (bicyclic) bond motifs is 1. The Bertz CT molecular complexity index is 834. The number of methoxy groups -OCH3 is 1. The number of ether oxygens (including phenoxy) is 1. The number of carboxylic acid groups (broad SMARTS) is 1. The van der Waals surface area contributed by atoms with E-state index < -0.39 is 5.97 Å². The summed E-state index contributed by atoms with van der Waals surface area (Å²) >= 11 is 0. The molecule has 2 aromatic rings. The topological polar surface area (TPSA) is 79.7 Å². The summed E-state index contributed by atoms with van der Waals surface area (Å²) in [4.78, 5) is 29.7. The first-order valence-corrected chi connectivity index (χ1v) is 8.11. The second kappa shape index (κ2) is 6.55. The molecule has 1 N–H and O–H groups in total. The van der Waals surface area contributed by atoms with Gasteiger partial charge in [0.15, 0.2) is 0 Å². The van der Waals surface area contributed by atoms with E-state index in [0.29, 0.717) is 5.56 Å². The highest BCUT2D eigenvalue weighted by Crippen LogP contribution is 2.35. The lowest BCUT2D eigenvalue weighted by Crippen LogP contribution is -2.45. The maximum Gasteiger partial charge on any atom is 0.354 e. The predicted molar refractivity (Wildman–Crippen MR) is 91.9 cm³/mol. The minimum atomic E-state index is -1.15. The van der Waals surface area contributed by atoms with Crippen molar-refractivity contribution in [3.8, 4) is 5.75 Å². The normalized spacial score (nSPS) is 19.2.